The third-order valence-corrected chi connectivity index (χ3v) is 2.35. The molecule has 80 valence electrons. The number of aromatic nitrogens is 1. The van der Waals surface area contributed by atoms with Gasteiger partial charge in [-0.15, -0.1) is 0 Å². The van der Waals surface area contributed by atoms with E-state index in [2.05, 4.69) is 10.3 Å². The van der Waals surface area contributed by atoms with Gasteiger partial charge in [-0.2, -0.15) is 5.26 Å². The second-order valence-corrected chi connectivity index (χ2v) is 4.57. The number of sulfonamides is 1. The van der Waals surface area contributed by atoms with Crippen LogP contribution in [0.4, 0.5) is 5.82 Å². The Morgan fingerprint density at radius 2 is 2.33 bits per heavy atom. The van der Waals surface area contributed by atoms with Crippen molar-refractivity contribution in [3.05, 3.63) is 23.9 Å². The first kappa shape index (κ1) is 11.4. The standard InChI is InChI=1S/C8H10N4O2S/c9-6-7-1-2-11-8(5-7)12-3-4-15(10,13)14/h1-2,5H,3-4H2,(H,11,12)(H2,10,13,14). The number of nitrogens with one attached hydrogen (secondary N) is 1. The molecule has 0 fully saturated rings. The van der Waals surface area contributed by atoms with Crippen molar-refractivity contribution in [3.8, 4) is 6.07 Å². The van der Waals surface area contributed by atoms with Gasteiger partial charge in [0.25, 0.3) is 0 Å². The Bertz CT molecular complexity index is 478. The number of nitrogens with zero attached hydrogens (tertiary/aromatic N) is 2. The van der Waals surface area contributed by atoms with E-state index >= 15 is 0 Å². The third kappa shape index (κ3) is 4.39. The van der Waals surface area contributed by atoms with Crippen LogP contribution in [-0.4, -0.2) is 25.7 Å². The number of rotatable bonds is 4. The fraction of sp³-hybridized carbons (Fsp3) is 0.250. The van der Waals surface area contributed by atoms with Crippen molar-refractivity contribution < 1.29 is 8.42 Å². The molecule has 0 aliphatic carbocycles. The van der Waals surface area contributed by atoms with E-state index in [1.54, 1.807) is 6.07 Å². The molecule has 0 saturated carbocycles. The third-order valence-electron chi connectivity index (χ3n) is 1.58. The SMILES string of the molecule is N#Cc1ccnc(NCCS(N)(=O)=O)c1. The maximum Gasteiger partial charge on any atom is 0.210 e. The van der Waals surface area contributed by atoms with Crippen molar-refractivity contribution in [3.63, 3.8) is 0 Å². The van der Waals surface area contributed by atoms with Crippen molar-refractivity contribution >= 4 is 15.8 Å². The quantitative estimate of drug-likeness (QED) is 0.729. The van der Waals surface area contributed by atoms with E-state index in [-0.39, 0.29) is 12.3 Å². The lowest BCUT2D eigenvalue weighted by Crippen LogP contribution is -2.22. The van der Waals surface area contributed by atoms with E-state index in [0.29, 0.717) is 11.4 Å². The number of pyridine rings is 1. The largest absolute Gasteiger partial charge is 0.369 e. The Kier molecular flexibility index (Phi) is 3.60. The van der Waals surface area contributed by atoms with Crippen LogP contribution in [0.15, 0.2) is 18.3 Å². The molecule has 0 aromatic carbocycles. The molecule has 0 amide bonds. The summed E-state index contributed by atoms with van der Waals surface area (Å²) in [5.41, 5.74) is 0.461. The van der Waals surface area contributed by atoms with E-state index in [1.807, 2.05) is 6.07 Å². The van der Waals surface area contributed by atoms with Gasteiger partial charge in [0.1, 0.15) is 5.82 Å². The zero-order valence-corrected chi connectivity index (χ0v) is 8.66. The fourth-order valence-electron chi connectivity index (χ4n) is 0.918. The average Bonchev–Trinajstić information content (AvgIpc) is 2.16. The molecule has 0 bridgehead atoms. The molecule has 0 aliphatic rings. The lowest BCUT2D eigenvalue weighted by molar-refractivity contribution is 0.598. The highest BCUT2D eigenvalue weighted by Gasteiger charge is 2.02. The van der Waals surface area contributed by atoms with Crippen LogP contribution in [0.5, 0.6) is 0 Å². The summed E-state index contributed by atoms with van der Waals surface area (Å²) >= 11 is 0. The smallest absolute Gasteiger partial charge is 0.210 e. The zero-order chi connectivity index (χ0) is 11.3. The molecule has 1 aromatic rings. The van der Waals surface area contributed by atoms with Crippen LogP contribution >= 0.6 is 0 Å². The van der Waals surface area contributed by atoms with Gasteiger partial charge in [-0.1, -0.05) is 0 Å². The Morgan fingerprint density at radius 1 is 1.60 bits per heavy atom. The van der Waals surface area contributed by atoms with Gasteiger partial charge in [0.15, 0.2) is 0 Å². The van der Waals surface area contributed by atoms with Crippen LogP contribution in [0.1, 0.15) is 5.56 Å². The first-order valence-electron chi connectivity index (χ1n) is 4.12. The van der Waals surface area contributed by atoms with E-state index in [0.717, 1.165) is 0 Å². The lowest BCUT2D eigenvalue weighted by atomic mass is 10.3. The van der Waals surface area contributed by atoms with Gasteiger partial charge < -0.3 is 5.32 Å². The van der Waals surface area contributed by atoms with E-state index in [4.69, 9.17) is 10.4 Å². The summed E-state index contributed by atoms with van der Waals surface area (Å²) in [7, 11) is -3.47. The van der Waals surface area contributed by atoms with Gasteiger partial charge >= 0.3 is 0 Å². The second-order valence-electron chi connectivity index (χ2n) is 2.84. The molecule has 1 aromatic heterocycles. The average molecular weight is 226 g/mol. The number of hydrogen-bond donors (Lipinski definition) is 2. The van der Waals surface area contributed by atoms with Gasteiger partial charge in [-0.3, -0.25) is 0 Å². The second kappa shape index (κ2) is 4.72. The number of nitriles is 1. The molecule has 0 aliphatic heterocycles. The van der Waals surface area contributed by atoms with E-state index < -0.39 is 10.0 Å². The zero-order valence-electron chi connectivity index (χ0n) is 7.84. The van der Waals surface area contributed by atoms with E-state index in [1.165, 1.54) is 12.3 Å². The first-order valence-corrected chi connectivity index (χ1v) is 5.83. The Labute approximate surface area is 87.8 Å². The van der Waals surface area contributed by atoms with Crippen molar-refractivity contribution in [2.75, 3.05) is 17.6 Å². The highest BCUT2D eigenvalue weighted by Crippen LogP contribution is 2.04. The minimum absolute atomic E-state index is 0.167. The summed E-state index contributed by atoms with van der Waals surface area (Å²) in [6.07, 6.45) is 1.47. The predicted molar refractivity (Wildman–Crippen MR) is 55.4 cm³/mol. The van der Waals surface area contributed by atoms with Crippen LogP contribution < -0.4 is 10.5 Å². The van der Waals surface area contributed by atoms with Gasteiger partial charge in [0, 0.05) is 12.7 Å². The van der Waals surface area contributed by atoms with Crippen LogP contribution in [0.2, 0.25) is 0 Å². The van der Waals surface area contributed by atoms with Crippen molar-refractivity contribution in [1.29, 1.82) is 5.26 Å². The summed E-state index contributed by atoms with van der Waals surface area (Å²) in [6.45, 7) is 0.167. The number of anilines is 1. The molecule has 0 unspecified atom stereocenters. The van der Waals surface area contributed by atoms with Crippen LogP contribution in [0, 0.1) is 11.3 Å². The predicted octanol–water partition coefficient (Wildman–Crippen LogP) is -0.346. The molecule has 6 nitrogen and oxygen atoms in total. The molecule has 0 saturated heterocycles. The molecule has 15 heavy (non-hydrogen) atoms. The van der Waals surface area contributed by atoms with Crippen molar-refractivity contribution in [2.24, 2.45) is 5.14 Å². The number of nitrogens with two attached hydrogens (primary N) is 1. The molecular weight excluding hydrogens is 216 g/mol. The van der Waals surface area contributed by atoms with Crippen LogP contribution in [-0.2, 0) is 10.0 Å². The molecule has 0 spiro atoms. The van der Waals surface area contributed by atoms with Gasteiger partial charge in [-0.05, 0) is 12.1 Å². The lowest BCUT2D eigenvalue weighted by Gasteiger charge is -2.03. The number of hydrogen-bond acceptors (Lipinski definition) is 5. The minimum Gasteiger partial charge on any atom is -0.369 e. The van der Waals surface area contributed by atoms with Gasteiger partial charge in [0.2, 0.25) is 10.0 Å². The maximum absolute atomic E-state index is 10.6. The molecule has 1 heterocycles. The monoisotopic (exact) mass is 226 g/mol. The molecule has 0 radical (unpaired) electrons. The molecule has 0 atom stereocenters. The van der Waals surface area contributed by atoms with Gasteiger partial charge in [0.05, 0.1) is 17.4 Å². The van der Waals surface area contributed by atoms with E-state index in [9.17, 15) is 8.42 Å². The van der Waals surface area contributed by atoms with Crippen molar-refractivity contribution in [2.45, 2.75) is 0 Å². The van der Waals surface area contributed by atoms with Crippen LogP contribution in [0.3, 0.4) is 0 Å². The summed E-state index contributed by atoms with van der Waals surface area (Å²) in [5, 5.41) is 16.2. The summed E-state index contributed by atoms with van der Waals surface area (Å²) in [5.74, 6) is 0.281. The van der Waals surface area contributed by atoms with Crippen molar-refractivity contribution in [1.82, 2.24) is 4.98 Å². The molecule has 1 rings (SSSR count). The van der Waals surface area contributed by atoms with Crippen LogP contribution in [0.25, 0.3) is 0 Å². The summed E-state index contributed by atoms with van der Waals surface area (Å²) < 4.78 is 21.2. The summed E-state index contributed by atoms with van der Waals surface area (Å²) in [6, 6.07) is 5.04. The molecular formula is C8H10N4O2S. The topological polar surface area (TPSA) is 109 Å². The number of primary sulfonamides is 1. The normalized spacial score (nSPS) is 10.7. The summed E-state index contributed by atoms with van der Waals surface area (Å²) in [4.78, 5) is 3.91. The first-order chi connectivity index (χ1) is 7.01. The fourth-order valence-corrected chi connectivity index (χ4v) is 1.30. The highest BCUT2D eigenvalue weighted by molar-refractivity contribution is 7.89. The minimum atomic E-state index is -3.47. The van der Waals surface area contributed by atoms with Gasteiger partial charge in [-0.25, -0.2) is 18.5 Å². The highest BCUT2D eigenvalue weighted by atomic mass is 32.2. The molecule has 3 N–H and O–H groups in total. The molecule has 7 heteroatoms. The Hall–Kier alpha value is -1.65. The maximum atomic E-state index is 10.6. The Balaban J connectivity index is 2.55. The Morgan fingerprint density at radius 3 is 2.93 bits per heavy atom.